The van der Waals surface area contributed by atoms with Crippen molar-refractivity contribution in [3.8, 4) is 11.5 Å². The number of methoxy groups -OCH3 is 1. The van der Waals surface area contributed by atoms with Gasteiger partial charge in [0.15, 0.2) is 18.4 Å². The van der Waals surface area contributed by atoms with Crippen LogP contribution < -0.4 is 9.47 Å². The molecule has 43 heavy (non-hydrogen) atoms. The maximum Gasteiger partial charge on any atom is 0.229 e. The van der Waals surface area contributed by atoms with Crippen molar-refractivity contribution in [3.63, 3.8) is 0 Å². The number of aliphatic hydroxyl groups excluding tert-OH is 9. The third kappa shape index (κ3) is 7.26. The number of Topliss-reactive ketones (excluding diaryl/α,β-unsaturated/α-hetero) is 1. The summed E-state index contributed by atoms with van der Waals surface area (Å²) in [6.07, 6.45) is -23.0. The Bertz CT molecular complexity index is 1070. The summed E-state index contributed by atoms with van der Waals surface area (Å²) in [5, 5.41) is 92.4. The minimum Gasteiger partial charge on any atom is -0.497 e. The van der Waals surface area contributed by atoms with Gasteiger partial charge in [0.25, 0.3) is 0 Å². The van der Waals surface area contributed by atoms with Crippen LogP contribution in [0.1, 0.15) is 17.3 Å². The van der Waals surface area contributed by atoms with Gasteiger partial charge in [-0.1, -0.05) is 0 Å². The van der Waals surface area contributed by atoms with E-state index in [1.54, 1.807) is 0 Å². The second kappa shape index (κ2) is 14.4. The second-order valence-electron chi connectivity index (χ2n) is 10.4. The smallest absolute Gasteiger partial charge is 0.229 e. The zero-order valence-electron chi connectivity index (χ0n) is 23.2. The highest BCUT2D eigenvalue weighted by molar-refractivity contribution is 5.97. The monoisotopic (exact) mass is 622 g/mol. The SMILES string of the molecule is COc1ccc(C(C)=O)c(OC2OC(COC3OCC(O)C(O)C3O)C(O)C(OC3OC(CO)C(O)C(O)C3O)C2O)c1. The molecule has 3 fully saturated rings. The van der Waals surface area contributed by atoms with Crippen LogP contribution in [0.15, 0.2) is 18.2 Å². The first-order valence-electron chi connectivity index (χ1n) is 13.5. The highest BCUT2D eigenvalue weighted by Crippen LogP contribution is 2.33. The molecule has 17 heteroatoms. The van der Waals surface area contributed by atoms with Crippen LogP contribution in [0.5, 0.6) is 11.5 Å². The molecule has 1 aromatic carbocycles. The topological polar surface area (TPSA) is 264 Å². The van der Waals surface area contributed by atoms with Gasteiger partial charge >= 0.3 is 0 Å². The van der Waals surface area contributed by atoms with Gasteiger partial charge < -0.3 is 79.1 Å². The van der Waals surface area contributed by atoms with Crippen LogP contribution in [0.2, 0.25) is 0 Å². The Kier molecular flexibility index (Phi) is 11.3. The van der Waals surface area contributed by atoms with Gasteiger partial charge in [-0.25, -0.2) is 0 Å². The van der Waals surface area contributed by atoms with Gasteiger partial charge in [0.2, 0.25) is 6.29 Å². The first-order chi connectivity index (χ1) is 20.4. The summed E-state index contributed by atoms with van der Waals surface area (Å²) in [5.74, 6) is -0.175. The van der Waals surface area contributed by atoms with Gasteiger partial charge in [-0.3, -0.25) is 4.79 Å². The molecule has 3 saturated heterocycles. The van der Waals surface area contributed by atoms with E-state index in [1.165, 1.54) is 32.2 Å². The molecule has 9 N–H and O–H groups in total. The number of benzene rings is 1. The molecule has 0 aliphatic carbocycles. The molecular formula is C26H38O17. The molecule has 0 bridgehead atoms. The Morgan fingerprint density at radius 1 is 0.837 bits per heavy atom. The molecule has 3 heterocycles. The summed E-state index contributed by atoms with van der Waals surface area (Å²) < 4.78 is 38.5. The maximum atomic E-state index is 12.2. The van der Waals surface area contributed by atoms with E-state index >= 15 is 0 Å². The van der Waals surface area contributed by atoms with Crippen molar-refractivity contribution in [1.29, 1.82) is 0 Å². The summed E-state index contributed by atoms with van der Waals surface area (Å²) in [6, 6.07) is 4.29. The fraction of sp³-hybridized carbons (Fsp3) is 0.731. The minimum absolute atomic E-state index is 0.0679. The molecule has 3 aliphatic rings. The Hall–Kier alpha value is -2.07. The van der Waals surface area contributed by atoms with Crippen LogP contribution in [-0.4, -0.2) is 165 Å². The minimum atomic E-state index is -1.88. The number of hydrogen-bond acceptors (Lipinski definition) is 17. The Morgan fingerprint density at radius 2 is 1.51 bits per heavy atom. The fourth-order valence-corrected chi connectivity index (χ4v) is 4.89. The van der Waals surface area contributed by atoms with Crippen molar-refractivity contribution in [3.05, 3.63) is 23.8 Å². The lowest BCUT2D eigenvalue weighted by atomic mass is 9.97. The molecule has 0 spiro atoms. The van der Waals surface area contributed by atoms with Crippen molar-refractivity contribution < 1.29 is 83.9 Å². The van der Waals surface area contributed by atoms with E-state index in [1.807, 2.05) is 0 Å². The molecule has 17 nitrogen and oxygen atoms in total. The normalized spacial score (nSPS) is 41.9. The molecule has 1 aromatic rings. The molecule has 0 saturated carbocycles. The molecular weight excluding hydrogens is 584 g/mol. The van der Waals surface area contributed by atoms with E-state index in [4.69, 9.17) is 33.2 Å². The average molecular weight is 623 g/mol. The van der Waals surface area contributed by atoms with Crippen LogP contribution in [0.4, 0.5) is 0 Å². The molecule has 0 radical (unpaired) electrons. The zero-order valence-corrected chi connectivity index (χ0v) is 23.2. The van der Waals surface area contributed by atoms with Crippen LogP contribution in [0.3, 0.4) is 0 Å². The number of ketones is 1. The van der Waals surface area contributed by atoms with Crippen molar-refractivity contribution in [1.82, 2.24) is 0 Å². The second-order valence-corrected chi connectivity index (χ2v) is 10.4. The lowest BCUT2D eigenvalue weighted by Crippen LogP contribution is -2.65. The molecule has 244 valence electrons. The van der Waals surface area contributed by atoms with Crippen molar-refractivity contribution >= 4 is 5.78 Å². The van der Waals surface area contributed by atoms with E-state index in [0.717, 1.165) is 0 Å². The summed E-state index contributed by atoms with van der Waals surface area (Å²) >= 11 is 0. The number of rotatable bonds is 10. The number of hydrogen-bond donors (Lipinski definition) is 9. The number of carbonyl (C=O) groups is 1. The molecule has 4 rings (SSSR count). The van der Waals surface area contributed by atoms with Crippen molar-refractivity contribution in [2.24, 2.45) is 0 Å². The molecule has 0 amide bonds. The summed E-state index contributed by atoms with van der Waals surface area (Å²) in [6.45, 7) is -0.419. The van der Waals surface area contributed by atoms with Gasteiger partial charge in [-0.15, -0.1) is 0 Å². The molecule has 14 atom stereocenters. The number of carbonyl (C=O) groups excluding carboxylic acids is 1. The average Bonchev–Trinajstić information content (AvgIpc) is 2.99. The zero-order chi connectivity index (χ0) is 31.6. The quantitative estimate of drug-likeness (QED) is 0.111. The van der Waals surface area contributed by atoms with Crippen LogP contribution in [0.25, 0.3) is 0 Å². The predicted octanol–water partition coefficient (Wildman–Crippen LogP) is -4.64. The third-order valence-corrected chi connectivity index (χ3v) is 7.47. The van der Waals surface area contributed by atoms with E-state index in [2.05, 4.69) is 0 Å². The summed E-state index contributed by atoms with van der Waals surface area (Å²) in [5.41, 5.74) is 0.0909. The Balaban J connectivity index is 1.59. The molecule has 0 aromatic heterocycles. The number of ether oxygens (including phenoxy) is 7. The predicted molar refractivity (Wildman–Crippen MR) is 137 cm³/mol. The van der Waals surface area contributed by atoms with Crippen molar-refractivity contribution in [2.45, 2.75) is 92.9 Å². The first kappa shape index (κ1) is 33.8. The lowest BCUT2D eigenvalue weighted by molar-refractivity contribution is -0.357. The highest BCUT2D eigenvalue weighted by atomic mass is 16.7. The van der Waals surface area contributed by atoms with Crippen LogP contribution >= 0.6 is 0 Å². The van der Waals surface area contributed by atoms with Crippen LogP contribution in [-0.2, 0) is 23.7 Å². The van der Waals surface area contributed by atoms with Crippen molar-refractivity contribution in [2.75, 3.05) is 26.9 Å². The lowest BCUT2D eigenvalue weighted by Gasteiger charge is -2.46. The first-order valence-corrected chi connectivity index (χ1v) is 13.5. The van der Waals surface area contributed by atoms with Gasteiger partial charge in [0, 0.05) is 6.07 Å². The van der Waals surface area contributed by atoms with E-state index in [0.29, 0.717) is 5.75 Å². The van der Waals surface area contributed by atoms with Gasteiger partial charge in [-0.2, -0.15) is 0 Å². The standard InChI is InChI=1S/C26H38O17/c1-9(28)11-4-3-10(37-2)5-13(11)40-26-22(36)23(43-25-21(35)19(33)17(31)14(6-27)41-25)18(32)15(42-26)8-39-24-20(34)16(30)12(29)7-38-24/h3-5,12,14-27,29-36H,6-8H2,1-2H3. The van der Waals surface area contributed by atoms with E-state index in [-0.39, 0.29) is 17.9 Å². The molecule has 3 aliphatic heterocycles. The van der Waals surface area contributed by atoms with E-state index in [9.17, 15) is 50.8 Å². The van der Waals surface area contributed by atoms with Gasteiger partial charge in [0.1, 0.15) is 78.6 Å². The van der Waals surface area contributed by atoms with Crippen LogP contribution in [0, 0.1) is 0 Å². The largest absolute Gasteiger partial charge is 0.497 e. The van der Waals surface area contributed by atoms with E-state index < -0.39 is 105 Å². The van der Waals surface area contributed by atoms with Gasteiger partial charge in [0.05, 0.1) is 32.5 Å². The third-order valence-electron chi connectivity index (χ3n) is 7.47. The van der Waals surface area contributed by atoms with Gasteiger partial charge in [-0.05, 0) is 19.1 Å². The summed E-state index contributed by atoms with van der Waals surface area (Å²) in [7, 11) is 1.38. The highest BCUT2D eigenvalue weighted by Gasteiger charge is 2.52. The Morgan fingerprint density at radius 3 is 2.16 bits per heavy atom. The maximum absolute atomic E-state index is 12.2. The number of aliphatic hydroxyl groups is 9. The fourth-order valence-electron chi connectivity index (χ4n) is 4.89. The summed E-state index contributed by atoms with van der Waals surface area (Å²) in [4.78, 5) is 12.2. The molecule has 14 unspecified atom stereocenters. The Labute approximate surface area is 245 Å².